The second kappa shape index (κ2) is 18.9. The number of unbranched alkanes of at least 4 members (excludes halogenated alkanes) is 12. The molecule has 1 heteroatoms. The summed E-state index contributed by atoms with van der Waals surface area (Å²) in [6.07, 6.45) is 28.9. The highest BCUT2D eigenvalue weighted by Gasteiger charge is 2.14. The van der Waals surface area contributed by atoms with Crippen molar-refractivity contribution in [3.05, 3.63) is 28.6 Å². The maximum atomic E-state index is 5.08. The van der Waals surface area contributed by atoms with E-state index in [1.165, 1.54) is 134 Å². The maximum absolute atomic E-state index is 5.08. The number of aromatic nitrogens is 1. The molecule has 1 heterocycles. The Morgan fingerprint density at radius 3 is 1.40 bits per heavy atom. The van der Waals surface area contributed by atoms with Crippen molar-refractivity contribution in [2.24, 2.45) is 0 Å². The normalized spacial score (nSPS) is 11.3. The lowest BCUT2D eigenvalue weighted by Crippen LogP contribution is -2.09. The van der Waals surface area contributed by atoms with Crippen molar-refractivity contribution in [2.45, 2.75) is 156 Å². The van der Waals surface area contributed by atoms with E-state index in [-0.39, 0.29) is 0 Å². The van der Waals surface area contributed by atoms with Crippen LogP contribution in [-0.4, -0.2) is 4.98 Å². The van der Waals surface area contributed by atoms with Gasteiger partial charge in [0.1, 0.15) is 0 Å². The fourth-order valence-electron chi connectivity index (χ4n) is 4.64. The average Bonchev–Trinajstić information content (AvgIpc) is 2.76. The monoisotopic (exact) mass is 415 g/mol. The number of hydrogen-bond acceptors (Lipinski definition) is 1. The molecule has 0 spiro atoms. The Morgan fingerprint density at radius 1 is 0.467 bits per heavy atom. The lowest BCUT2D eigenvalue weighted by atomic mass is 9.89. The van der Waals surface area contributed by atoms with Gasteiger partial charge in [0.2, 0.25) is 0 Å². The highest BCUT2D eigenvalue weighted by Crippen LogP contribution is 2.26. The summed E-state index contributed by atoms with van der Waals surface area (Å²) in [6, 6.07) is 0. The first-order chi connectivity index (χ1) is 14.8. The molecule has 0 amide bonds. The molecule has 1 aromatic heterocycles. The van der Waals surface area contributed by atoms with Gasteiger partial charge in [0.25, 0.3) is 0 Å². The topological polar surface area (TPSA) is 12.9 Å². The molecule has 1 nitrogen and oxygen atoms in total. The Balaban J connectivity index is 2.99. The van der Waals surface area contributed by atoms with Crippen molar-refractivity contribution < 1.29 is 0 Å². The van der Waals surface area contributed by atoms with Crippen LogP contribution in [0.4, 0.5) is 0 Å². The van der Waals surface area contributed by atoms with Crippen LogP contribution in [0, 0.1) is 0 Å². The average molecular weight is 416 g/mol. The molecule has 1 rings (SSSR count). The molecule has 0 aliphatic rings. The molecule has 0 saturated heterocycles. The summed E-state index contributed by atoms with van der Waals surface area (Å²) in [5.74, 6) is 0. The van der Waals surface area contributed by atoms with Gasteiger partial charge in [-0.3, -0.25) is 4.98 Å². The van der Waals surface area contributed by atoms with Crippen LogP contribution in [0.2, 0.25) is 0 Å². The number of aryl methyl sites for hydroxylation is 2. The first-order valence-electron chi connectivity index (χ1n) is 13.8. The molecule has 0 atom stereocenters. The highest BCUT2D eigenvalue weighted by molar-refractivity contribution is 5.37. The maximum Gasteiger partial charge on any atom is 0.0438 e. The van der Waals surface area contributed by atoms with Crippen LogP contribution in [0.3, 0.4) is 0 Å². The SMILES string of the molecule is CCCCCCc1cnc(CCCCCC)c(CCCCCC)c1CCCCCC. The van der Waals surface area contributed by atoms with Crippen molar-refractivity contribution in [3.8, 4) is 0 Å². The summed E-state index contributed by atoms with van der Waals surface area (Å²) in [5, 5.41) is 0. The van der Waals surface area contributed by atoms with Crippen LogP contribution in [0.5, 0.6) is 0 Å². The van der Waals surface area contributed by atoms with Crippen molar-refractivity contribution in [1.29, 1.82) is 0 Å². The zero-order chi connectivity index (χ0) is 21.9. The second-order valence-electron chi connectivity index (χ2n) is 9.43. The lowest BCUT2D eigenvalue weighted by molar-refractivity contribution is 0.624. The van der Waals surface area contributed by atoms with E-state index in [0.29, 0.717) is 0 Å². The molecule has 0 aromatic carbocycles. The quantitative estimate of drug-likeness (QED) is 0.193. The third-order valence-electron chi connectivity index (χ3n) is 6.60. The first-order valence-corrected chi connectivity index (χ1v) is 13.8. The van der Waals surface area contributed by atoms with Crippen molar-refractivity contribution >= 4 is 0 Å². The minimum Gasteiger partial charge on any atom is -0.261 e. The Bertz CT molecular complexity index is 472. The van der Waals surface area contributed by atoms with Gasteiger partial charge < -0.3 is 0 Å². The van der Waals surface area contributed by atoms with Gasteiger partial charge >= 0.3 is 0 Å². The molecule has 0 saturated carbocycles. The van der Waals surface area contributed by atoms with Gasteiger partial charge in [-0.2, -0.15) is 0 Å². The number of hydrogen-bond donors (Lipinski definition) is 0. The number of nitrogens with zero attached hydrogens (tertiary/aromatic N) is 1. The Hall–Kier alpha value is -0.850. The third-order valence-corrected chi connectivity index (χ3v) is 6.60. The summed E-state index contributed by atoms with van der Waals surface area (Å²) < 4.78 is 0. The molecule has 1 aromatic rings. The summed E-state index contributed by atoms with van der Waals surface area (Å²) >= 11 is 0. The minimum atomic E-state index is 1.20. The Labute approximate surface area is 189 Å². The van der Waals surface area contributed by atoms with Gasteiger partial charge in [-0.25, -0.2) is 0 Å². The van der Waals surface area contributed by atoms with E-state index in [1.54, 1.807) is 16.7 Å². The van der Waals surface area contributed by atoms with Gasteiger partial charge in [-0.1, -0.05) is 105 Å². The van der Waals surface area contributed by atoms with Gasteiger partial charge in [0.15, 0.2) is 0 Å². The molecule has 0 unspecified atom stereocenters. The van der Waals surface area contributed by atoms with Gasteiger partial charge in [-0.05, 0) is 68.1 Å². The molecule has 0 fully saturated rings. The molecule has 0 N–H and O–H groups in total. The Kier molecular flexibility index (Phi) is 17.1. The number of rotatable bonds is 20. The predicted octanol–water partition coefficient (Wildman–Crippen LogP) is 9.57. The summed E-state index contributed by atoms with van der Waals surface area (Å²) in [5.41, 5.74) is 6.43. The first kappa shape index (κ1) is 27.2. The van der Waals surface area contributed by atoms with Crippen LogP contribution in [0.1, 0.15) is 153 Å². The zero-order valence-corrected chi connectivity index (χ0v) is 21.2. The molecule has 0 radical (unpaired) electrons. The van der Waals surface area contributed by atoms with Crippen LogP contribution in [-0.2, 0) is 25.7 Å². The third kappa shape index (κ3) is 11.5. The van der Waals surface area contributed by atoms with Crippen molar-refractivity contribution in [2.75, 3.05) is 0 Å². The standard InChI is InChI=1S/C29H53N/c1-5-9-13-17-21-26-25-30-29(24-20-16-12-8-4)28(23-19-15-11-7-3)27(26)22-18-14-10-6-2/h25H,5-24H2,1-4H3. The fourth-order valence-corrected chi connectivity index (χ4v) is 4.64. The van der Waals surface area contributed by atoms with Crippen molar-refractivity contribution in [3.63, 3.8) is 0 Å². The van der Waals surface area contributed by atoms with E-state index < -0.39 is 0 Å². The van der Waals surface area contributed by atoms with E-state index in [2.05, 4.69) is 33.9 Å². The van der Waals surface area contributed by atoms with Gasteiger partial charge in [0.05, 0.1) is 0 Å². The molecule has 30 heavy (non-hydrogen) atoms. The molecule has 0 aliphatic carbocycles. The predicted molar refractivity (Wildman–Crippen MR) is 136 cm³/mol. The van der Waals surface area contributed by atoms with Crippen LogP contribution in [0.15, 0.2) is 6.20 Å². The minimum absolute atomic E-state index is 1.20. The van der Waals surface area contributed by atoms with Gasteiger partial charge in [-0.15, -0.1) is 0 Å². The van der Waals surface area contributed by atoms with E-state index >= 15 is 0 Å². The van der Waals surface area contributed by atoms with Crippen LogP contribution < -0.4 is 0 Å². The van der Waals surface area contributed by atoms with E-state index in [4.69, 9.17) is 4.98 Å². The smallest absolute Gasteiger partial charge is 0.0438 e. The Morgan fingerprint density at radius 2 is 0.900 bits per heavy atom. The molecule has 0 aliphatic heterocycles. The molecular formula is C29H53N. The fraction of sp³-hybridized carbons (Fsp3) is 0.828. The molecule has 174 valence electrons. The second-order valence-corrected chi connectivity index (χ2v) is 9.43. The summed E-state index contributed by atoms with van der Waals surface area (Å²) in [6.45, 7) is 9.25. The van der Waals surface area contributed by atoms with E-state index in [1.807, 2.05) is 0 Å². The lowest BCUT2D eigenvalue weighted by Gasteiger charge is -2.19. The zero-order valence-electron chi connectivity index (χ0n) is 21.2. The van der Waals surface area contributed by atoms with Gasteiger partial charge in [0, 0.05) is 11.9 Å². The summed E-state index contributed by atoms with van der Waals surface area (Å²) in [4.78, 5) is 5.08. The van der Waals surface area contributed by atoms with Crippen molar-refractivity contribution in [1.82, 2.24) is 4.98 Å². The highest BCUT2D eigenvalue weighted by atomic mass is 14.7. The van der Waals surface area contributed by atoms with Crippen LogP contribution in [0.25, 0.3) is 0 Å². The van der Waals surface area contributed by atoms with Crippen LogP contribution >= 0.6 is 0 Å². The van der Waals surface area contributed by atoms with E-state index in [9.17, 15) is 0 Å². The van der Waals surface area contributed by atoms with E-state index in [0.717, 1.165) is 0 Å². The summed E-state index contributed by atoms with van der Waals surface area (Å²) in [7, 11) is 0. The largest absolute Gasteiger partial charge is 0.261 e. The molecule has 0 bridgehead atoms. The molecular weight excluding hydrogens is 362 g/mol. The number of pyridine rings is 1.